The zero-order valence-corrected chi connectivity index (χ0v) is 19.8. The van der Waals surface area contributed by atoms with Gasteiger partial charge >= 0.3 is 0 Å². The predicted molar refractivity (Wildman–Crippen MR) is 130 cm³/mol. The van der Waals surface area contributed by atoms with Gasteiger partial charge in [0, 0.05) is 18.2 Å². The fourth-order valence-electron chi connectivity index (χ4n) is 3.11. The predicted octanol–water partition coefficient (Wildman–Crippen LogP) is 3.98. The van der Waals surface area contributed by atoms with Gasteiger partial charge in [-0.3, -0.25) is 14.5 Å². The first-order chi connectivity index (χ1) is 15.9. The lowest BCUT2D eigenvalue weighted by Crippen LogP contribution is -2.33. The summed E-state index contributed by atoms with van der Waals surface area (Å²) >= 11 is 2.00. The van der Waals surface area contributed by atoms with Crippen LogP contribution in [-0.4, -0.2) is 37.8 Å². The quantitative estimate of drug-likeness (QED) is 0.525. The molecule has 0 saturated carbocycles. The summed E-state index contributed by atoms with van der Waals surface area (Å²) in [6.45, 7) is 0. The van der Waals surface area contributed by atoms with E-state index in [-0.39, 0.29) is 21.7 Å². The van der Waals surface area contributed by atoms with Crippen LogP contribution in [0.25, 0.3) is 0 Å². The molecule has 0 radical (unpaired) electrons. The lowest BCUT2D eigenvalue weighted by atomic mass is 10.2. The van der Waals surface area contributed by atoms with E-state index in [2.05, 4.69) is 9.71 Å². The summed E-state index contributed by atoms with van der Waals surface area (Å²) in [6.07, 6.45) is -0.151. The molecule has 1 saturated heterocycles. The molecule has 0 spiro atoms. The van der Waals surface area contributed by atoms with E-state index in [0.29, 0.717) is 17.1 Å². The van der Waals surface area contributed by atoms with Crippen LogP contribution in [0, 0.1) is 0 Å². The van der Waals surface area contributed by atoms with Gasteiger partial charge in [0.05, 0.1) is 12.8 Å². The Labute approximate surface area is 199 Å². The summed E-state index contributed by atoms with van der Waals surface area (Å²) in [7, 11) is -2.47. The minimum absolute atomic E-state index is 0.0128. The smallest absolute Gasteiger partial charge is 0.294 e. The number of amides is 2. The minimum Gasteiger partial charge on any atom is -0.497 e. The minimum atomic E-state index is -4.00. The lowest BCUT2D eigenvalue weighted by molar-refractivity contribution is -0.121. The van der Waals surface area contributed by atoms with E-state index < -0.39 is 21.2 Å². The standard InChI is InChI=1S/C22H19N3O5S3/c1-30-17-10-5-7-15(13-17)23-19(26)14-18-21(27)25(16-8-3-2-4-9-16)22(32-18)24-33(28,29)20-11-6-12-31-20/h2-13,18H,14H2,1H3,(H,23,26)/t18-/m1/s1. The van der Waals surface area contributed by atoms with Crippen LogP contribution in [0.1, 0.15) is 6.42 Å². The van der Waals surface area contributed by atoms with Crippen LogP contribution in [0.2, 0.25) is 0 Å². The van der Waals surface area contributed by atoms with Crippen molar-refractivity contribution in [2.24, 2.45) is 4.40 Å². The second-order valence-electron chi connectivity index (χ2n) is 6.88. The van der Waals surface area contributed by atoms with E-state index in [1.165, 1.54) is 18.1 Å². The van der Waals surface area contributed by atoms with Crippen molar-refractivity contribution in [1.29, 1.82) is 0 Å². The number of ether oxygens (including phenoxy) is 1. The molecule has 0 aliphatic carbocycles. The number of amidine groups is 1. The molecule has 8 nitrogen and oxygen atoms in total. The largest absolute Gasteiger partial charge is 0.497 e. The number of thiophene rings is 1. The number of sulfonamides is 1. The molecular formula is C22H19N3O5S3. The molecule has 1 N–H and O–H groups in total. The Morgan fingerprint density at radius 1 is 1.12 bits per heavy atom. The molecule has 2 amide bonds. The number of nitrogens with one attached hydrogen (secondary N) is 1. The number of benzene rings is 2. The van der Waals surface area contributed by atoms with Crippen molar-refractivity contribution >= 4 is 61.5 Å². The van der Waals surface area contributed by atoms with Crippen molar-refractivity contribution < 1.29 is 22.7 Å². The number of thioether (sulfide) groups is 1. The Bertz CT molecular complexity index is 1290. The maximum Gasteiger partial charge on any atom is 0.294 e. The molecule has 1 aliphatic heterocycles. The van der Waals surface area contributed by atoms with Gasteiger partial charge in [0.15, 0.2) is 5.17 Å². The highest BCUT2D eigenvalue weighted by molar-refractivity contribution is 8.16. The average molecular weight is 502 g/mol. The Kier molecular flexibility index (Phi) is 6.82. The third-order valence-corrected chi connectivity index (χ3v) is 8.51. The van der Waals surface area contributed by atoms with Gasteiger partial charge < -0.3 is 10.1 Å². The Hall–Kier alpha value is -3.15. The molecule has 2 heterocycles. The van der Waals surface area contributed by atoms with E-state index in [9.17, 15) is 18.0 Å². The highest BCUT2D eigenvalue weighted by Gasteiger charge is 2.41. The Balaban J connectivity index is 1.59. The molecular weight excluding hydrogens is 482 g/mol. The molecule has 4 rings (SSSR count). The third-order valence-electron chi connectivity index (χ3n) is 4.62. The Morgan fingerprint density at radius 3 is 2.61 bits per heavy atom. The van der Waals surface area contributed by atoms with Crippen molar-refractivity contribution in [3.8, 4) is 5.75 Å². The van der Waals surface area contributed by atoms with E-state index in [1.54, 1.807) is 66.0 Å². The lowest BCUT2D eigenvalue weighted by Gasteiger charge is -2.16. The first kappa shape index (κ1) is 23.0. The zero-order valence-electron chi connectivity index (χ0n) is 17.4. The number of nitrogens with zero attached hydrogens (tertiary/aromatic N) is 2. The van der Waals surface area contributed by atoms with Crippen LogP contribution in [0.3, 0.4) is 0 Å². The second-order valence-corrected chi connectivity index (χ2v) is 10.8. The molecule has 11 heteroatoms. The van der Waals surface area contributed by atoms with Gasteiger partial charge in [0.25, 0.3) is 10.0 Å². The van der Waals surface area contributed by atoms with Gasteiger partial charge in [0.1, 0.15) is 15.2 Å². The maximum absolute atomic E-state index is 13.2. The molecule has 0 bridgehead atoms. The van der Waals surface area contributed by atoms with Crippen molar-refractivity contribution in [2.75, 3.05) is 17.3 Å². The van der Waals surface area contributed by atoms with Crippen LogP contribution >= 0.6 is 23.1 Å². The van der Waals surface area contributed by atoms with Crippen LogP contribution < -0.4 is 15.0 Å². The van der Waals surface area contributed by atoms with Gasteiger partial charge in [-0.1, -0.05) is 42.1 Å². The first-order valence-corrected chi connectivity index (χ1v) is 13.0. The summed E-state index contributed by atoms with van der Waals surface area (Å²) in [6, 6.07) is 18.6. The topological polar surface area (TPSA) is 105 Å². The monoisotopic (exact) mass is 501 g/mol. The van der Waals surface area contributed by atoms with Crippen LogP contribution in [0.4, 0.5) is 11.4 Å². The summed E-state index contributed by atoms with van der Waals surface area (Å²) in [5.74, 6) is -0.209. The SMILES string of the molecule is COc1cccc(NC(=O)C[C@H]2SC(=NS(=O)(=O)c3cccs3)N(c3ccccc3)C2=O)c1. The zero-order chi connectivity index (χ0) is 23.4. The number of carbonyl (C=O) groups excluding carboxylic acids is 2. The molecule has 3 aromatic rings. The third kappa shape index (κ3) is 5.27. The number of methoxy groups -OCH3 is 1. The molecule has 1 atom stereocenters. The van der Waals surface area contributed by atoms with Gasteiger partial charge in [0.2, 0.25) is 11.8 Å². The molecule has 1 fully saturated rings. The van der Waals surface area contributed by atoms with Crippen molar-refractivity contribution in [2.45, 2.75) is 15.9 Å². The van der Waals surface area contributed by atoms with Crippen molar-refractivity contribution in [1.82, 2.24) is 0 Å². The van der Waals surface area contributed by atoms with Crippen LogP contribution in [0.15, 0.2) is 80.7 Å². The average Bonchev–Trinajstić information content (AvgIpc) is 3.44. The summed E-state index contributed by atoms with van der Waals surface area (Å²) in [4.78, 5) is 27.1. The highest BCUT2D eigenvalue weighted by atomic mass is 32.2. The number of anilines is 2. The number of hydrogen-bond acceptors (Lipinski definition) is 7. The molecule has 0 unspecified atom stereocenters. The van der Waals surface area contributed by atoms with E-state index in [0.717, 1.165) is 23.1 Å². The number of hydrogen-bond donors (Lipinski definition) is 1. The van der Waals surface area contributed by atoms with Crippen molar-refractivity contribution in [3.05, 3.63) is 72.1 Å². The van der Waals surface area contributed by atoms with Gasteiger partial charge in [-0.2, -0.15) is 8.42 Å². The normalized spacial score (nSPS) is 17.4. The fourth-order valence-corrected chi connectivity index (χ4v) is 6.42. The fraction of sp³-hybridized carbons (Fsp3) is 0.136. The maximum atomic E-state index is 13.2. The molecule has 1 aromatic heterocycles. The number of rotatable bonds is 7. The first-order valence-electron chi connectivity index (χ1n) is 9.75. The summed E-state index contributed by atoms with van der Waals surface area (Å²) < 4.78 is 34.7. The van der Waals surface area contributed by atoms with E-state index in [1.807, 2.05) is 0 Å². The Morgan fingerprint density at radius 2 is 1.91 bits per heavy atom. The second kappa shape index (κ2) is 9.77. The van der Waals surface area contributed by atoms with Crippen LogP contribution in [0.5, 0.6) is 5.75 Å². The highest BCUT2D eigenvalue weighted by Crippen LogP contribution is 2.35. The summed E-state index contributed by atoms with van der Waals surface area (Å²) in [5.41, 5.74) is 1.01. The van der Waals surface area contributed by atoms with E-state index in [4.69, 9.17) is 4.74 Å². The molecule has 33 heavy (non-hydrogen) atoms. The van der Waals surface area contributed by atoms with Crippen LogP contribution in [-0.2, 0) is 19.6 Å². The number of carbonyl (C=O) groups is 2. The van der Waals surface area contributed by atoms with Gasteiger partial charge in [-0.15, -0.1) is 15.7 Å². The molecule has 1 aliphatic rings. The summed E-state index contributed by atoms with van der Waals surface area (Å²) in [5, 5.41) is 3.57. The molecule has 2 aromatic carbocycles. The number of para-hydroxylation sites is 1. The van der Waals surface area contributed by atoms with E-state index >= 15 is 0 Å². The van der Waals surface area contributed by atoms with Crippen molar-refractivity contribution in [3.63, 3.8) is 0 Å². The molecule has 170 valence electrons. The van der Waals surface area contributed by atoms with Gasteiger partial charge in [-0.25, -0.2) is 0 Å². The van der Waals surface area contributed by atoms with Gasteiger partial charge in [-0.05, 0) is 35.7 Å².